The second kappa shape index (κ2) is 6.46. The number of carbonyl (C=O) groups excluding carboxylic acids is 2. The summed E-state index contributed by atoms with van der Waals surface area (Å²) in [5, 5.41) is 0. The van der Waals surface area contributed by atoms with Crippen LogP contribution in [-0.4, -0.2) is 41.1 Å². The van der Waals surface area contributed by atoms with Gasteiger partial charge in [-0.25, -0.2) is 4.79 Å². The summed E-state index contributed by atoms with van der Waals surface area (Å²) in [6.07, 6.45) is 7.24. The molecule has 4 bridgehead atoms. The van der Waals surface area contributed by atoms with Crippen LogP contribution in [0.25, 0.3) is 0 Å². The number of rotatable bonds is 3. The standard InChI is InChI=1S/C22H29N3O3/c1-13-2-3-18(24-11-13)15-4-5-25(12-15)21(27)28-19-16-6-14-7-17(19)10-22(8-14,9-16)20(23)26/h2-3,11,14-17,19H,4-10,12H2,1H3,(H2,23,26)/t14?,15?,16-,17?,19?,22?/m0/s1. The minimum Gasteiger partial charge on any atom is -0.446 e. The molecule has 0 radical (unpaired) electrons. The Kier molecular flexibility index (Phi) is 4.14. The van der Waals surface area contributed by atoms with Crippen molar-refractivity contribution >= 4 is 12.0 Å². The number of aromatic nitrogens is 1. The van der Waals surface area contributed by atoms with E-state index in [2.05, 4.69) is 17.1 Å². The number of amides is 2. The highest BCUT2D eigenvalue weighted by molar-refractivity contribution is 5.81. The number of primary amides is 1. The lowest BCUT2D eigenvalue weighted by molar-refractivity contribution is -0.161. The van der Waals surface area contributed by atoms with Crippen molar-refractivity contribution in [3.8, 4) is 0 Å². The van der Waals surface area contributed by atoms with Crippen LogP contribution in [0.5, 0.6) is 0 Å². The average molecular weight is 383 g/mol. The smallest absolute Gasteiger partial charge is 0.410 e. The molecule has 28 heavy (non-hydrogen) atoms. The van der Waals surface area contributed by atoms with E-state index in [4.69, 9.17) is 10.5 Å². The van der Waals surface area contributed by atoms with Crippen molar-refractivity contribution in [2.45, 2.75) is 57.5 Å². The first kappa shape index (κ1) is 18.0. The van der Waals surface area contributed by atoms with Gasteiger partial charge in [-0.3, -0.25) is 9.78 Å². The van der Waals surface area contributed by atoms with Crippen LogP contribution in [-0.2, 0) is 9.53 Å². The highest BCUT2D eigenvalue weighted by Crippen LogP contribution is 2.60. The highest BCUT2D eigenvalue weighted by atomic mass is 16.6. The Morgan fingerprint density at radius 1 is 1.21 bits per heavy atom. The zero-order chi connectivity index (χ0) is 19.5. The molecule has 1 aromatic rings. The van der Waals surface area contributed by atoms with Gasteiger partial charge in [-0.05, 0) is 74.8 Å². The normalized spacial score (nSPS) is 38.6. The van der Waals surface area contributed by atoms with Gasteiger partial charge in [0.2, 0.25) is 5.91 Å². The van der Waals surface area contributed by atoms with Gasteiger partial charge in [0.1, 0.15) is 6.10 Å². The molecular formula is C22H29N3O3. The van der Waals surface area contributed by atoms with Crippen LogP contribution in [0.2, 0.25) is 0 Å². The SMILES string of the molecule is Cc1ccc(C2CCN(C(=O)OC3C4CC5C[C@H]3CC(C(N)=O)(C5)C4)C2)nc1. The first-order chi connectivity index (χ1) is 13.4. The van der Waals surface area contributed by atoms with Gasteiger partial charge in [0, 0.05) is 30.9 Å². The zero-order valence-electron chi connectivity index (χ0n) is 16.5. The number of ether oxygens (including phenoxy) is 1. The van der Waals surface area contributed by atoms with E-state index >= 15 is 0 Å². The fourth-order valence-electron chi connectivity index (χ4n) is 6.55. The molecule has 2 amide bonds. The maximum Gasteiger partial charge on any atom is 0.410 e. The van der Waals surface area contributed by atoms with Crippen LogP contribution in [0, 0.1) is 30.1 Å². The molecule has 0 spiro atoms. The Morgan fingerprint density at radius 2 is 1.96 bits per heavy atom. The molecular weight excluding hydrogens is 354 g/mol. The predicted octanol–water partition coefficient (Wildman–Crippen LogP) is 3.00. The quantitative estimate of drug-likeness (QED) is 0.869. The van der Waals surface area contributed by atoms with Crippen LogP contribution in [0.15, 0.2) is 18.3 Å². The van der Waals surface area contributed by atoms with Gasteiger partial charge < -0.3 is 15.4 Å². The van der Waals surface area contributed by atoms with E-state index in [1.807, 2.05) is 18.0 Å². The molecule has 0 aromatic carbocycles. The Bertz CT molecular complexity index is 777. The molecule has 5 fully saturated rings. The maximum absolute atomic E-state index is 12.9. The van der Waals surface area contributed by atoms with Crippen LogP contribution in [0.1, 0.15) is 55.7 Å². The Hall–Kier alpha value is -2.11. The van der Waals surface area contributed by atoms with Crippen molar-refractivity contribution in [2.75, 3.05) is 13.1 Å². The topological polar surface area (TPSA) is 85.5 Å². The molecule has 6 rings (SSSR count). The molecule has 1 aromatic heterocycles. The Balaban J connectivity index is 1.23. The number of pyridine rings is 1. The highest BCUT2D eigenvalue weighted by Gasteiger charge is 2.59. The molecule has 150 valence electrons. The molecule has 6 nitrogen and oxygen atoms in total. The molecule has 1 saturated heterocycles. The third-order valence-electron chi connectivity index (χ3n) is 7.75. The third kappa shape index (κ3) is 2.88. The number of aryl methyl sites for hydroxylation is 1. The number of hydrogen-bond donors (Lipinski definition) is 1. The fourth-order valence-corrected chi connectivity index (χ4v) is 6.55. The molecule has 6 atom stereocenters. The zero-order valence-corrected chi connectivity index (χ0v) is 16.5. The molecule has 5 unspecified atom stereocenters. The van der Waals surface area contributed by atoms with Crippen molar-refractivity contribution in [3.63, 3.8) is 0 Å². The summed E-state index contributed by atoms with van der Waals surface area (Å²) in [6, 6.07) is 4.14. The number of likely N-dealkylation sites (tertiary alicyclic amines) is 1. The van der Waals surface area contributed by atoms with Gasteiger partial charge in [0.15, 0.2) is 0 Å². The van der Waals surface area contributed by atoms with E-state index in [1.54, 1.807) is 0 Å². The first-order valence-corrected chi connectivity index (χ1v) is 10.6. The van der Waals surface area contributed by atoms with Gasteiger partial charge in [-0.2, -0.15) is 0 Å². The van der Waals surface area contributed by atoms with E-state index < -0.39 is 0 Å². The minimum atomic E-state index is -0.338. The molecule has 1 aliphatic heterocycles. The first-order valence-electron chi connectivity index (χ1n) is 10.6. The van der Waals surface area contributed by atoms with E-state index in [-0.39, 0.29) is 29.4 Å². The summed E-state index contributed by atoms with van der Waals surface area (Å²) in [6.45, 7) is 3.42. The van der Waals surface area contributed by atoms with Crippen LogP contribution in [0.4, 0.5) is 4.79 Å². The molecule has 6 heteroatoms. The summed E-state index contributed by atoms with van der Waals surface area (Å²) in [7, 11) is 0. The van der Waals surface area contributed by atoms with Gasteiger partial charge in [0.25, 0.3) is 0 Å². The van der Waals surface area contributed by atoms with Crippen molar-refractivity contribution in [1.29, 1.82) is 0 Å². The van der Waals surface area contributed by atoms with Crippen LogP contribution < -0.4 is 5.73 Å². The summed E-state index contributed by atoms with van der Waals surface area (Å²) in [5.74, 6) is 1.29. The van der Waals surface area contributed by atoms with Crippen LogP contribution in [0.3, 0.4) is 0 Å². The largest absolute Gasteiger partial charge is 0.446 e. The summed E-state index contributed by atoms with van der Waals surface area (Å²) in [5.41, 5.74) is 7.62. The minimum absolute atomic E-state index is 0.0481. The van der Waals surface area contributed by atoms with Gasteiger partial charge in [-0.15, -0.1) is 0 Å². The van der Waals surface area contributed by atoms with Crippen molar-refractivity contribution in [3.05, 3.63) is 29.6 Å². The second-order valence-electron chi connectivity index (χ2n) is 9.65. The summed E-state index contributed by atoms with van der Waals surface area (Å²) >= 11 is 0. The summed E-state index contributed by atoms with van der Waals surface area (Å²) < 4.78 is 6.05. The lowest BCUT2D eigenvalue weighted by Crippen LogP contribution is -2.59. The molecule has 2 heterocycles. The van der Waals surface area contributed by atoms with E-state index in [9.17, 15) is 9.59 Å². The lowest BCUT2D eigenvalue weighted by atomic mass is 9.48. The van der Waals surface area contributed by atoms with Gasteiger partial charge in [0.05, 0.1) is 5.41 Å². The second-order valence-corrected chi connectivity index (χ2v) is 9.65. The van der Waals surface area contributed by atoms with Crippen LogP contribution >= 0.6 is 0 Å². The summed E-state index contributed by atoms with van der Waals surface area (Å²) in [4.78, 5) is 31.3. The van der Waals surface area contributed by atoms with Crippen molar-refractivity contribution in [1.82, 2.24) is 9.88 Å². The molecule has 2 N–H and O–H groups in total. The van der Waals surface area contributed by atoms with Gasteiger partial charge >= 0.3 is 6.09 Å². The molecule has 5 aliphatic rings. The van der Waals surface area contributed by atoms with E-state index in [1.165, 1.54) is 0 Å². The lowest BCUT2D eigenvalue weighted by Gasteiger charge is -2.58. The maximum atomic E-state index is 12.9. The molecule has 4 aliphatic carbocycles. The third-order valence-corrected chi connectivity index (χ3v) is 7.75. The van der Waals surface area contributed by atoms with Gasteiger partial charge in [-0.1, -0.05) is 6.07 Å². The molecule has 4 saturated carbocycles. The number of carbonyl (C=O) groups is 2. The number of nitrogens with zero attached hydrogens (tertiary/aromatic N) is 2. The number of nitrogens with two attached hydrogens (primary N) is 1. The van der Waals surface area contributed by atoms with Crippen molar-refractivity contribution in [2.24, 2.45) is 28.9 Å². The fraction of sp³-hybridized carbons (Fsp3) is 0.682. The van der Waals surface area contributed by atoms with E-state index in [0.29, 0.717) is 24.3 Å². The Labute approximate surface area is 165 Å². The van der Waals surface area contributed by atoms with E-state index in [0.717, 1.165) is 56.3 Å². The van der Waals surface area contributed by atoms with Crippen molar-refractivity contribution < 1.29 is 14.3 Å². The predicted molar refractivity (Wildman–Crippen MR) is 103 cm³/mol. The Morgan fingerprint density at radius 3 is 2.61 bits per heavy atom. The monoisotopic (exact) mass is 383 g/mol. The number of hydrogen-bond acceptors (Lipinski definition) is 4. The average Bonchev–Trinajstić information content (AvgIpc) is 3.15.